The van der Waals surface area contributed by atoms with E-state index in [2.05, 4.69) is 0 Å². The minimum absolute atomic E-state index is 1.26. The summed E-state index contributed by atoms with van der Waals surface area (Å²) in [4.78, 5) is 0. The van der Waals surface area contributed by atoms with E-state index in [1.165, 1.54) is 23.7 Å². The maximum atomic E-state index is 1.59. The van der Waals surface area contributed by atoms with Crippen molar-refractivity contribution in [3.8, 4) is 0 Å². The highest BCUT2D eigenvalue weighted by Crippen LogP contribution is 2.78. The predicted molar refractivity (Wildman–Crippen MR) is 27.8 cm³/mol. The summed E-state index contributed by atoms with van der Waals surface area (Å²) >= 11 is 0. The summed E-state index contributed by atoms with van der Waals surface area (Å²) in [5.41, 5.74) is 0. The largest absolute Gasteiger partial charge is 0.0527 e. The Bertz CT molecular complexity index is 83.2. The van der Waals surface area contributed by atoms with Gasteiger partial charge in [-0.15, -0.1) is 0 Å². The molecule has 0 saturated heterocycles. The van der Waals surface area contributed by atoms with Gasteiger partial charge in [-0.3, -0.25) is 0 Å². The van der Waals surface area contributed by atoms with E-state index in [0.29, 0.717) is 0 Å². The summed E-state index contributed by atoms with van der Waals surface area (Å²) in [5, 5.41) is 0. The number of hydrogen-bond donors (Lipinski definition) is 0. The van der Waals surface area contributed by atoms with Crippen LogP contribution >= 0.6 is 0 Å². The maximum absolute atomic E-state index is 1.59. The van der Waals surface area contributed by atoms with Crippen LogP contribution in [0.4, 0.5) is 0 Å². The van der Waals surface area contributed by atoms with E-state index in [1.54, 1.807) is 19.3 Å². The SMILES string of the molecule is C1CC2C3C(C1)C23. The van der Waals surface area contributed by atoms with Crippen LogP contribution in [0.25, 0.3) is 0 Å². The molecule has 4 fully saturated rings. The molecule has 38 valence electrons. The topological polar surface area (TPSA) is 0 Å². The van der Waals surface area contributed by atoms with Gasteiger partial charge >= 0.3 is 0 Å². The molecule has 0 aliphatic heterocycles. The number of hydrogen-bond acceptors (Lipinski definition) is 0. The second-order valence-electron chi connectivity index (χ2n) is 3.41. The van der Waals surface area contributed by atoms with Gasteiger partial charge in [0.2, 0.25) is 0 Å². The average Bonchev–Trinajstić information content (AvgIpc) is 2.53. The molecule has 0 heterocycles. The van der Waals surface area contributed by atoms with Crippen molar-refractivity contribution in [2.45, 2.75) is 19.3 Å². The highest BCUT2D eigenvalue weighted by molar-refractivity contribution is 5.21. The zero-order chi connectivity index (χ0) is 4.43. The van der Waals surface area contributed by atoms with Crippen LogP contribution < -0.4 is 0 Å². The van der Waals surface area contributed by atoms with Gasteiger partial charge in [-0.2, -0.15) is 0 Å². The molecule has 0 heteroatoms. The lowest BCUT2D eigenvalue weighted by Gasteiger charge is -2.16. The van der Waals surface area contributed by atoms with Crippen molar-refractivity contribution in [1.29, 1.82) is 0 Å². The molecule has 0 spiro atoms. The molecule has 0 unspecified atom stereocenters. The van der Waals surface area contributed by atoms with Crippen molar-refractivity contribution >= 4 is 0 Å². The van der Waals surface area contributed by atoms with Gasteiger partial charge in [0.05, 0.1) is 0 Å². The fraction of sp³-hybridized carbons (Fsp3) is 1.00. The van der Waals surface area contributed by atoms with Crippen molar-refractivity contribution in [1.82, 2.24) is 0 Å². The third kappa shape index (κ3) is 0.198. The molecule has 0 aromatic rings. The van der Waals surface area contributed by atoms with Crippen molar-refractivity contribution in [2.24, 2.45) is 23.7 Å². The molecule has 0 nitrogen and oxygen atoms in total. The van der Waals surface area contributed by atoms with Crippen LogP contribution in [0.15, 0.2) is 0 Å². The first-order valence-electron chi connectivity index (χ1n) is 3.48. The summed E-state index contributed by atoms with van der Waals surface area (Å²) in [7, 11) is 0. The van der Waals surface area contributed by atoms with Crippen LogP contribution in [0.5, 0.6) is 0 Å². The quantitative estimate of drug-likeness (QED) is 0.428. The molecular formula is C7H10. The second-order valence-corrected chi connectivity index (χ2v) is 3.41. The summed E-state index contributed by atoms with van der Waals surface area (Å²) in [5.74, 6) is 5.10. The number of fused-ring (bicyclic) bond motifs is 2. The highest BCUT2D eigenvalue weighted by atomic mass is 14.8. The molecule has 4 saturated carbocycles. The van der Waals surface area contributed by atoms with Crippen LogP contribution in [-0.4, -0.2) is 0 Å². The van der Waals surface area contributed by atoms with E-state index in [4.69, 9.17) is 0 Å². The van der Waals surface area contributed by atoms with Crippen molar-refractivity contribution in [3.05, 3.63) is 0 Å². The Hall–Kier alpha value is 0. The summed E-state index contributed by atoms with van der Waals surface area (Å²) in [6.07, 6.45) is 4.74. The molecule has 4 aliphatic rings. The molecule has 0 amide bonds. The third-order valence-corrected chi connectivity index (χ3v) is 3.22. The monoisotopic (exact) mass is 94.1 g/mol. The first-order valence-corrected chi connectivity index (χ1v) is 3.48. The molecule has 2 bridgehead atoms. The summed E-state index contributed by atoms with van der Waals surface area (Å²) in [6, 6.07) is 0. The first kappa shape index (κ1) is 3.11. The number of rotatable bonds is 0. The molecule has 0 N–H and O–H groups in total. The Labute approximate surface area is 43.9 Å². The standard InChI is InChI=1S/C7H10/c1-2-4-6-5(3-1)7(4)6/h4-7H,1-3H2. The van der Waals surface area contributed by atoms with Crippen LogP contribution in [0, 0.1) is 23.7 Å². The Balaban J connectivity index is 1.95. The molecule has 7 heavy (non-hydrogen) atoms. The molecule has 0 aromatic carbocycles. The lowest BCUT2D eigenvalue weighted by atomic mass is 9.89. The van der Waals surface area contributed by atoms with E-state index in [1.807, 2.05) is 0 Å². The maximum Gasteiger partial charge on any atom is -0.0318 e. The van der Waals surface area contributed by atoms with Crippen molar-refractivity contribution < 1.29 is 0 Å². The Morgan fingerprint density at radius 1 is 0.857 bits per heavy atom. The van der Waals surface area contributed by atoms with Gasteiger partial charge in [-0.1, -0.05) is 6.42 Å². The van der Waals surface area contributed by atoms with E-state index in [-0.39, 0.29) is 0 Å². The van der Waals surface area contributed by atoms with Gasteiger partial charge in [0.15, 0.2) is 0 Å². The minimum atomic E-state index is 1.26. The molecule has 4 aliphatic carbocycles. The molecule has 4 rings (SSSR count). The van der Waals surface area contributed by atoms with Crippen LogP contribution in [-0.2, 0) is 0 Å². The average molecular weight is 94.2 g/mol. The first-order chi connectivity index (χ1) is 3.48. The second kappa shape index (κ2) is 0.667. The summed E-state index contributed by atoms with van der Waals surface area (Å²) < 4.78 is 0. The third-order valence-electron chi connectivity index (χ3n) is 3.22. The smallest absolute Gasteiger partial charge is 0.0318 e. The molecule has 0 atom stereocenters. The minimum Gasteiger partial charge on any atom is -0.0527 e. The Morgan fingerprint density at radius 2 is 1.43 bits per heavy atom. The Morgan fingerprint density at radius 3 is 1.71 bits per heavy atom. The molecular weight excluding hydrogens is 84.1 g/mol. The van der Waals surface area contributed by atoms with Crippen LogP contribution in [0.2, 0.25) is 0 Å². The fourth-order valence-corrected chi connectivity index (χ4v) is 2.70. The van der Waals surface area contributed by atoms with Crippen molar-refractivity contribution in [2.75, 3.05) is 0 Å². The fourth-order valence-electron chi connectivity index (χ4n) is 2.70. The van der Waals surface area contributed by atoms with E-state index in [0.717, 1.165) is 0 Å². The van der Waals surface area contributed by atoms with E-state index >= 15 is 0 Å². The van der Waals surface area contributed by atoms with Crippen LogP contribution in [0.1, 0.15) is 19.3 Å². The van der Waals surface area contributed by atoms with Crippen molar-refractivity contribution in [3.63, 3.8) is 0 Å². The van der Waals surface area contributed by atoms with Gasteiger partial charge < -0.3 is 0 Å². The van der Waals surface area contributed by atoms with Gasteiger partial charge in [0.1, 0.15) is 0 Å². The van der Waals surface area contributed by atoms with Gasteiger partial charge in [0, 0.05) is 0 Å². The van der Waals surface area contributed by atoms with E-state index < -0.39 is 0 Å². The van der Waals surface area contributed by atoms with Gasteiger partial charge in [-0.05, 0) is 36.5 Å². The van der Waals surface area contributed by atoms with Gasteiger partial charge in [-0.25, -0.2) is 0 Å². The highest BCUT2D eigenvalue weighted by Gasteiger charge is 2.73. The normalized spacial score (nSPS) is 72.0. The zero-order valence-corrected chi connectivity index (χ0v) is 4.43. The lowest BCUT2D eigenvalue weighted by molar-refractivity contribution is 0.338. The lowest BCUT2D eigenvalue weighted by Crippen LogP contribution is -2.07. The molecule has 0 radical (unpaired) electrons. The van der Waals surface area contributed by atoms with Gasteiger partial charge in [0.25, 0.3) is 0 Å². The zero-order valence-electron chi connectivity index (χ0n) is 4.43. The molecule has 0 aromatic heterocycles. The van der Waals surface area contributed by atoms with E-state index in [9.17, 15) is 0 Å². The predicted octanol–water partition coefficient (Wildman–Crippen LogP) is 1.66. The van der Waals surface area contributed by atoms with Crippen LogP contribution in [0.3, 0.4) is 0 Å². The summed E-state index contributed by atoms with van der Waals surface area (Å²) in [6.45, 7) is 0. The Kier molecular flexibility index (Phi) is 0.296.